The first-order valence-electron chi connectivity index (χ1n) is 13.7. The second-order valence-electron chi connectivity index (χ2n) is 14.3. The maximum absolute atomic E-state index is 12.9. The van der Waals surface area contributed by atoms with Crippen LogP contribution in [0.4, 0.5) is 0 Å². The molecule has 5 aliphatic carbocycles. The zero-order valence-electron chi connectivity index (χ0n) is 21.9. The second-order valence-corrected chi connectivity index (χ2v) is 14.3. The van der Waals surface area contributed by atoms with Crippen molar-refractivity contribution in [3.05, 3.63) is 12.2 Å². The number of Topliss-reactive ketones (excluding diaryl/α,β-unsaturated/α-hetero) is 1. The fourth-order valence-corrected chi connectivity index (χ4v) is 11.3. The van der Waals surface area contributed by atoms with E-state index >= 15 is 0 Å². The standard InChI is InChI=1S/C30H46O3/c1-18(2)19-10-15-30(25(32)33)17-16-28(6)20(24(19)30)8-9-22-27(5)13-12-23(31)26(3,4)21(27)11-14-29(22,28)7/h19-22,24H,1,8-17H2,2-7H3,(H,32,33)/t19?,20-,21+,22-,24?,27+,28-,29-,30?/m1/s1. The summed E-state index contributed by atoms with van der Waals surface area (Å²) in [6, 6.07) is 0. The molecule has 5 fully saturated rings. The lowest BCUT2D eigenvalue weighted by atomic mass is 9.32. The van der Waals surface area contributed by atoms with Gasteiger partial charge in [-0.3, -0.25) is 9.59 Å². The Morgan fingerprint density at radius 1 is 0.879 bits per heavy atom. The van der Waals surface area contributed by atoms with E-state index in [1.165, 1.54) is 18.4 Å². The number of fused-ring (bicyclic) bond motifs is 7. The van der Waals surface area contributed by atoms with Crippen molar-refractivity contribution in [2.75, 3.05) is 0 Å². The summed E-state index contributed by atoms with van der Waals surface area (Å²) in [5, 5.41) is 10.5. The molecule has 0 amide bonds. The summed E-state index contributed by atoms with van der Waals surface area (Å²) in [7, 11) is 0. The molecule has 3 heteroatoms. The van der Waals surface area contributed by atoms with Gasteiger partial charge in [-0.05, 0) is 111 Å². The molecular weight excluding hydrogens is 408 g/mol. The first-order valence-corrected chi connectivity index (χ1v) is 13.7. The molecule has 0 aromatic carbocycles. The Hall–Kier alpha value is -1.12. The lowest BCUT2D eigenvalue weighted by Gasteiger charge is -2.72. The van der Waals surface area contributed by atoms with Crippen molar-refractivity contribution in [3.63, 3.8) is 0 Å². The second kappa shape index (κ2) is 6.97. The summed E-state index contributed by atoms with van der Waals surface area (Å²) in [6.07, 6.45) is 10.1. The molecule has 5 rings (SSSR count). The van der Waals surface area contributed by atoms with Gasteiger partial charge in [0.2, 0.25) is 0 Å². The Labute approximate surface area is 201 Å². The SMILES string of the molecule is C=C(C)C1CCC2(C(=O)O)CC[C@]3(C)[C@H](CC[C@@H]4[C@@]5(C)CCC(=O)C(C)(C)[C@@H]5CC[C@]43C)C12. The van der Waals surface area contributed by atoms with Gasteiger partial charge in [0.25, 0.3) is 0 Å². The number of carboxylic acids is 1. The summed E-state index contributed by atoms with van der Waals surface area (Å²) in [6.45, 7) is 18.5. The number of rotatable bonds is 2. The van der Waals surface area contributed by atoms with E-state index in [4.69, 9.17) is 0 Å². The third-order valence-electron chi connectivity index (χ3n) is 13.2. The first-order chi connectivity index (χ1) is 15.3. The number of carbonyl (C=O) groups is 2. The number of carboxylic acid groups (broad SMARTS) is 1. The van der Waals surface area contributed by atoms with Crippen LogP contribution in [0.3, 0.4) is 0 Å². The quantitative estimate of drug-likeness (QED) is 0.445. The Balaban J connectivity index is 1.57. The molecule has 0 heterocycles. The Kier molecular flexibility index (Phi) is 4.99. The lowest BCUT2D eigenvalue weighted by molar-refractivity contribution is -0.235. The van der Waals surface area contributed by atoms with Gasteiger partial charge in [-0.25, -0.2) is 0 Å². The highest BCUT2D eigenvalue weighted by Gasteiger charge is 2.72. The fourth-order valence-electron chi connectivity index (χ4n) is 11.3. The van der Waals surface area contributed by atoms with Crippen LogP contribution in [-0.2, 0) is 9.59 Å². The lowest BCUT2D eigenvalue weighted by Crippen LogP contribution is -2.66. The number of hydrogen-bond acceptors (Lipinski definition) is 2. The minimum absolute atomic E-state index is 0.164. The first kappa shape index (κ1) is 23.6. The molecule has 3 nitrogen and oxygen atoms in total. The summed E-state index contributed by atoms with van der Waals surface area (Å²) in [4.78, 5) is 25.7. The van der Waals surface area contributed by atoms with E-state index < -0.39 is 11.4 Å². The molecule has 0 bridgehead atoms. The van der Waals surface area contributed by atoms with Gasteiger partial charge in [0.15, 0.2) is 0 Å². The molecule has 0 aliphatic heterocycles. The molecule has 3 unspecified atom stereocenters. The van der Waals surface area contributed by atoms with Crippen molar-refractivity contribution >= 4 is 11.8 Å². The van der Waals surface area contributed by atoms with Crippen LogP contribution in [0.1, 0.15) is 106 Å². The summed E-state index contributed by atoms with van der Waals surface area (Å²) < 4.78 is 0. The van der Waals surface area contributed by atoms with Crippen molar-refractivity contribution in [1.82, 2.24) is 0 Å². The van der Waals surface area contributed by atoms with Crippen LogP contribution in [0.5, 0.6) is 0 Å². The normalized spacial score (nSPS) is 52.8. The highest BCUT2D eigenvalue weighted by atomic mass is 16.4. The number of aliphatic carboxylic acids is 1. The number of carbonyl (C=O) groups excluding carboxylic acids is 1. The zero-order chi connectivity index (χ0) is 24.2. The van der Waals surface area contributed by atoms with Crippen LogP contribution in [0.2, 0.25) is 0 Å². The van der Waals surface area contributed by atoms with Gasteiger partial charge in [-0.1, -0.05) is 46.8 Å². The average molecular weight is 455 g/mol. The van der Waals surface area contributed by atoms with E-state index in [0.717, 1.165) is 51.4 Å². The molecule has 9 atom stereocenters. The van der Waals surface area contributed by atoms with Crippen LogP contribution >= 0.6 is 0 Å². The predicted molar refractivity (Wildman–Crippen MR) is 132 cm³/mol. The molecule has 33 heavy (non-hydrogen) atoms. The van der Waals surface area contributed by atoms with E-state index in [9.17, 15) is 14.7 Å². The summed E-state index contributed by atoms with van der Waals surface area (Å²) in [5.41, 5.74) is 1.03. The Morgan fingerprint density at radius 3 is 2.21 bits per heavy atom. The molecule has 5 saturated carbocycles. The third-order valence-corrected chi connectivity index (χ3v) is 13.2. The maximum Gasteiger partial charge on any atom is 0.309 e. The van der Waals surface area contributed by atoms with Crippen LogP contribution in [-0.4, -0.2) is 16.9 Å². The molecule has 1 N–H and O–H groups in total. The van der Waals surface area contributed by atoms with Crippen molar-refractivity contribution in [2.24, 2.45) is 56.7 Å². The molecule has 184 valence electrons. The molecule has 0 aromatic rings. The van der Waals surface area contributed by atoms with E-state index in [2.05, 4.69) is 48.1 Å². The van der Waals surface area contributed by atoms with Gasteiger partial charge in [-0.15, -0.1) is 0 Å². The van der Waals surface area contributed by atoms with Gasteiger partial charge in [-0.2, -0.15) is 0 Å². The predicted octanol–water partition coefficient (Wildman–Crippen LogP) is 7.30. The minimum atomic E-state index is -0.547. The number of hydrogen-bond donors (Lipinski definition) is 1. The maximum atomic E-state index is 12.9. The van der Waals surface area contributed by atoms with Gasteiger partial charge >= 0.3 is 5.97 Å². The largest absolute Gasteiger partial charge is 0.481 e. The van der Waals surface area contributed by atoms with E-state index in [0.29, 0.717) is 29.5 Å². The number of ketones is 1. The van der Waals surface area contributed by atoms with E-state index in [1.54, 1.807) is 0 Å². The van der Waals surface area contributed by atoms with Gasteiger partial charge in [0.05, 0.1) is 5.41 Å². The molecule has 0 aromatic heterocycles. The van der Waals surface area contributed by atoms with Crippen LogP contribution < -0.4 is 0 Å². The highest BCUT2D eigenvalue weighted by molar-refractivity contribution is 5.85. The molecule has 5 aliphatic rings. The summed E-state index contributed by atoms with van der Waals surface area (Å²) >= 11 is 0. The Morgan fingerprint density at radius 2 is 1.58 bits per heavy atom. The van der Waals surface area contributed by atoms with Gasteiger partial charge in [0.1, 0.15) is 5.78 Å². The van der Waals surface area contributed by atoms with Gasteiger partial charge < -0.3 is 5.11 Å². The Bertz CT molecular complexity index is 902. The van der Waals surface area contributed by atoms with Crippen LogP contribution in [0, 0.1) is 56.7 Å². The van der Waals surface area contributed by atoms with Crippen LogP contribution in [0.15, 0.2) is 12.2 Å². The van der Waals surface area contributed by atoms with Crippen molar-refractivity contribution in [1.29, 1.82) is 0 Å². The van der Waals surface area contributed by atoms with E-state index in [-0.39, 0.29) is 27.6 Å². The van der Waals surface area contributed by atoms with Crippen LogP contribution in [0.25, 0.3) is 0 Å². The average Bonchev–Trinajstić information content (AvgIpc) is 3.13. The van der Waals surface area contributed by atoms with Crippen molar-refractivity contribution < 1.29 is 14.7 Å². The fraction of sp³-hybridized carbons (Fsp3) is 0.867. The highest BCUT2D eigenvalue weighted by Crippen LogP contribution is 2.77. The molecular formula is C30H46O3. The minimum Gasteiger partial charge on any atom is -0.481 e. The summed E-state index contributed by atoms with van der Waals surface area (Å²) in [5.74, 6) is 2.07. The molecule has 0 radical (unpaired) electrons. The number of allylic oxidation sites excluding steroid dienone is 1. The van der Waals surface area contributed by atoms with Crippen molar-refractivity contribution in [3.8, 4) is 0 Å². The topological polar surface area (TPSA) is 54.4 Å². The third kappa shape index (κ3) is 2.69. The molecule has 0 spiro atoms. The van der Waals surface area contributed by atoms with Crippen molar-refractivity contribution in [2.45, 2.75) is 106 Å². The zero-order valence-corrected chi connectivity index (χ0v) is 21.9. The van der Waals surface area contributed by atoms with Gasteiger partial charge in [0, 0.05) is 11.8 Å². The molecule has 0 saturated heterocycles. The smallest absolute Gasteiger partial charge is 0.309 e. The van der Waals surface area contributed by atoms with E-state index in [1.807, 2.05) is 0 Å². The monoisotopic (exact) mass is 454 g/mol.